The monoisotopic (exact) mass is 281 g/mol. The van der Waals surface area contributed by atoms with Crippen molar-refractivity contribution < 1.29 is 8.42 Å². The van der Waals surface area contributed by atoms with Crippen LogP contribution in [-0.2, 0) is 10.0 Å². The predicted octanol–water partition coefficient (Wildman–Crippen LogP) is 0.715. The highest BCUT2D eigenvalue weighted by molar-refractivity contribution is 7.89. The van der Waals surface area contributed by atoms with Gasteiger partial charge in [-0.05, 0) is 18.9 Å². The minimum absolute atomic E-state index is 0.115. The number of nitrogens with two attached hydrogens (primary N) is 1. The van der Waals surface area contributed by atoms with Gasteiger partial charge in [0.15, 0.2) is 0 Å². The van der Waals surface area contributed by atoms with E-state index in [1.165, 1.54) is 18.5 Å². The molecule has 0 spiro atoms. The molecule has 0 amide bonds. The molecule has 1 aromatic rings. The van der Waals surface area contributed by atoms with E-state index in [1.807, 2.05) is 20.8 Å². The smallest absolute Gasteiger partial charge is 0.242 e. The van der Waals surface area contributed by atoms with E-state index in [1.54, 1.807) is 0 Å². The Kier molecular flexibility index (Phi) is 5.48. The Morgan fingerprint density at radius 3 is 2.63 bits per heavy atom. The molecule has 19 heavy (non-hydrogen) atoms. The Morgan fingerprint density at radius 1 is 1.37 bits per heavy atom. The van der Waals surface area contributed by atoms with Gasteiger partial charge in [0, 0.05) is 24.0 Å². The molecular formula is C13H19N3O2S. The second-order valence-corrected chi connectivity index (χ2v) is 6.28. The second-order valence-electron chi connectivity index (χ2n) is 4.57. The molecule has 6 heteroatoms. The molecule has 0 aliphatic heterocycles. The fourth-order valence-electron chi connectivity index (χ4n) is 1.24. The molecular weight excluding hydrogens is 262 g/mol. The number of hydrogen-bond donors (Lipinski definition) is 2. The maximum atomic E-state index is 12.1. The van der Waals surface area contributed by atoms with E-state index in [4.69, 9.17) is 5.73 Å². The number of sulfonamides is 1. The van der Waals surface area contributed by atoms with Gasteiger partial charge in [-0.1, -0.05) is 25.7 Å². The van der Waals surface area contributed by atoms with Crippen LogP contribution in [0.4, 0.5) is 0 Å². The zero-order valence-electron chi connectivity index (χ0n) is 11.3. The van der Waals surface area contributed by atoms with Gasteiger partial charge in [0.2, 0.25) is 10.0 Å². The molecule has 0 aliphatic carbocycles. The highest BCUT2D eigenvalue weighted by Crippen LogP contribution is 2.11. The number of aromatic nitrogens is 1. The Balaban J connectivity index is 3.02. The summed E-state index contributed by atoms with van der Waals surface area (Å²) in [5.74, 6) is 5.64. The van der Waals surface area contributed by atoms with Crippen LogP contribution in [0.15, 0.2) is 23.4 Å². The van der Waals surface area contributed by atoms with Crippen LogP contribution >= 0.6 is 0 Å². The van der Waals surface area contributed by atoms with Crippen molar-refractivity contribution in [1.82, 2.24) is 9.71 Å². The minimum atomic E-state index is -3.56. The summed E-state index contributed by atoms with van der Waals surface area (Å²) < 4.78 is 26.9. The van der Waals surface area contributed by atoms with E-state index in [-0.39, 0.29) is 23.4 Å². The zero-order chi connectivity index (χ0) is 14.5. The molecule has 1 heterocycles. The van der Waals surface area contributed by atoms with Crippen LogP contribution in [0.1, 0.15) is 26.3 Å². The summed E-state index contributed by atoms with van der Waals surface area (Å²) in [6, 6.07) is 1.34. The van der Waals surface area contributed by atoms with Crippen LogP contribution in [0.2, 0.25) is 0 Å². The van der Waals surface area contributed by atoms with Crippen LogP contribution in [0.5, 0.6) is 0 Å². The molecule has 0 saturated carbocycles. The van der Waals surface area contributed by atoms with Crippen LogP contribution < -0.4 is 10.5 Å². The first-order chi connectivity index (χ1) is 8.86. The normalized spacial score (nSPS) is 12.9. The predicted molar refractivity (Wildman–Crippen MR) is 74.8 cm³/mol. The average Bonchev–Trinajstić information content (AvgIpc) is 2.36. The fourth-order valence-corrected chi connectivity index (χ4v) is 2.62. The molecule has 0 radical (unpaired) electrons. The summed E-state index contributed by atoms with van der Waals surface area (Å²) in [5.41, 5.74) is 5.81. The van der Waals surface area contributed by atoms with Crippen molar-refractivity contribution in [3.05, 3.63) is 24.0 Å². The molecule has 1 unspecified atom stereocenters. The van der Waals surface area contributed by atoms with Crippen molar-refractivity contribution in [2.45, 2.75) is 31.7 Å². The molecule has 0 saturated heterocycles. The molecule has 104 valence electrons. The lowest BCUT2D eigenvalue weighted by Crippen LogP contribution is -2.36. The number of pyridine rings is 1. The number of nitrogens with one attached hydrogen (secondary N) is 1. The maximum Gasteiger partial charge on any atom is 0.242 e. The molecule has 5 nitrogen and oxygen atoms in total. The van der Waals surface area contributed by atoms with Gasteiger partial charge < -0.3 is 5.73 Å². The standard InChI is InChI=1S/C13H19N3O2S/c1-10(2)11(3)16-19(17,18)13-7-12(5-4-6-14)8-15-9-13/h7-11,16H,6,14H2,1-3H3. The van der Waals surface area contributed by atoms with Crippen molar-refractivity contribution in [2.24, 2.45) is 11.7 Å². The first-order valence-corrected chi connectivity index (χ1v) is 7.51. The summed E-state index contributed by atoms with van der Waals surface area (Å²) in [4.78, 5) is 4.01. The van der Waals surface area contributed by atoms with E-state index < -0.39 is 10.0 Å². The summed E-state index contributed by atoms with van der Waals surface area (Å²) in [5, 5.41) is 0. The molecule has 0 aromatic carbocycles. The van der Waals surface area contributed by atoms with E-state index in [9.17, 15) is 8.42 Å². The molecule has 3 N–H and O–H groups in total. The average molecular weight is 281 g/mol. The van der Waals surface area contributed by atoms with Gasteiger partial charge in [-0.3, -0.25) is 4.98 Å². The summed E-state index contributed by atoms with van der Waals surface area (Å²) in [6.45, 7) is 5.95. The molecule has 0 fully saturated rings. The quantitative estimate of drug-likeness (QED) is 0.796. The lowest BCUT2D eigenvalue weighted by atomic mass is 10.1. The van der Waals surface area contributed by atoms with Gasteiger partial charge in [-0.15, -0.1) is 0 Å². The molecule has 1 rings (SSSR count). The Morgan fingerprint density at radius 2 is 2.05 bits per heavy atom. The topological polar surface area (TPSA) is 85.1 Å². The van der Waals surface area contributed by atoms with E-state index in [0.29, 0.717) is 5.56 Å². The van der Waals surface area contributed by atoms with Crippen LogP contribution in [0, 0.1) is 17.8 Å². The lowest BCUT2D eigenvalue weighted by molar-refractivity contribution is 0.476. The third-order valence-corrected chi connectivity index (χ3v) is 4.23. The van der Waals surface area contributed by atoms with Crippen LogP contribution in [0.25, 0.3) is 0 Å². The maximum absolute atomic E-state index is 12.1. The third-order valence-electron chi connectivity index (χ3n) is 2.70. The Bertz CT molecular complexity index is 585. The summed E-state index contributed by atoms with van der Waals surface area (Å²) in [6.07, 6.45) is 2.82. The first kappa shape index (κ1) is 15.6. The van der Waals surface area contributed by atoms with Gasteiger partial charge in [0.05, 0.1) is 6.54 Å². The van der Waals surface area contributed by atoms with E-state index in [2.05, 4.69) is 21.5 Å². The van der Waals surface area contributed by atoms with Crippen LogP contribution in [0.3, 0.4) is 0 Å². The lowest BCUT2D eigenvalue weighted by Gasteiger charge is -2.17. The van der Waals surface area contributed by atoms with Crippen molar-refractivity contribution >= 4 is 10.0 Å². The second kappa shape index (κ2) is 6.66. The van der Waals surface area contributed by atoms with Crippen molar-refractivity contribution in [2.75, 3.05) is 6.54 Å². The van der Waals surface area contributed by atoms with E-state index in [0.717, 1.165) is 0 Å². The highest BCUT2D eigenvalue weighted by atomic mass is 32.2. The van der Waals surface area contributed by atoms with E-state index >= 15 is 0 Å². The molecule has 1 aromatic heterocycles. The highest BCUT2D eigenvalue weighted by Gasteiger charge is 2.19. The number of nitrogens with zero attached hydrogens (tertiary/aromatic N) is 1. The first-order valence-electron chi connectivity index (χ1n) is 6.03. The molecule has 0 bridgehead atoms. The van der Waals surface area contributed by atoms with Gasteiger partial charge in [-0.25, -0.2) is 13.1 Å². The largest absolute Gasteiger partial charge is 0.320 e. The number of hydrogen-bond acceptors (Lipinski definition) is 4. The molecule has 0 aliphatic rings. The Hall–Kier alpha value is -1.42. The zero-order valence-corrected chi connectivity index (χ0v) is 12.2. The Labute approximate surface area is 114 Å². The summed E-state index contributed by atoms with van der Waals surface area (Å²) >= 11 is 0. The van der Waals surface area contributed by atoms with Crippen molar-refractivity contribution in [3.8, 4) is 11.8 Å². The van der Waals surface area contributed by atoms with Gasteiger partial charge in [0.1, 0.15) is 4.90 Å². The fraction of sp³-hybridized carbons (Fsp3) is 0.462. The third kappa shape index (κ3) is 4.63. The summed E-state index contributed by atoms with van der Waals surface area (Å²) in [7, 11) is -3.56. The SMILES string of the molecule is CC(C)C(C)NS(=O)(=O)c1cncc(C#CCN)c1. The van der Waals surface area contributed by atoms with Crippen LogP contribution in [-0.4, -0.2) is 26.0 Å². The van der Waals surface area contributed by atoms with Crippen molar-refractivity contribution in [1.29, 1.82) is 0 Å². The number of rotatable bonds is 4. The van der Waals surface area contributed by atoms with Crippen molar-refractivity contribution in [3.63, 3.8) is 0 Å². The van der Waals surface area contributed by atoms with Gasteiger partial charge in [0.25, 0.3) is 0 Å². The molecule has 1 atom stereocenters. The minimum Gasteiger partial charge on any atom is -0.320 e. The van der Waals surface area contributed by atoms with Gasteiger partial charge >= 0.3 is 0 Å². The van der Waals surface area contributed by atoms with Gasteiger partial charge in [-0.2, -0.15) is 0 Å².